The molecule has 0 aromatic carbocycles. The summed E-state index contributed by atoms with van der Waals surface area (Å²) in [5, 5.41) is 5.41. The Balaban J connectivity index is 1.99. The van der Waals surface area contributed by atoms with Crippen LogP contribution in [0.3, 0.4) is 0 Å². The summed E-state index contributed by atoms with van der Waals surface area (Å²) in [6, 6.07) is -0.267. The summed E-state index contributed by atoms with van der Waals surface area (Å²) in [7, 11) is 0. The SMILES string of the molecule is O=C1CNC(=O)[C@@H](C2CCCCC2)N1. The van der Waals surface area contributed by atoms with Crippen LogP contribution in [0.25, 0.3) is 0 Å². The van der Waals surface area contributed by atoms with E-state index in [1.165, 1.54) is 19.3 Å². The molecule has 4 heteroatoms. The number of carbonyl (C=O) groups is 2. The average molecular weight is 196 g/mol. The molecule has 0 aromatic heterocycles. The van der Waals surface area contributed by atoms with Gasteiger partial charge in [0, 0.05) is 0 Å². The molecule has 0 spiro atoms. The Morgan fingerprint density at radius 1 is 1.07 bits per heavy atom. The van der Waals surface area contributed by atoms with Crippen LogP contribution in [-0.4, -0.2) is 24.4 Å². The van der Waals surface area contributed by atoms with E-state index in [4.69, 9.17) is 0 Å². The van der Waals surface area contributed by atoms with Gasteiger partial charge in [0.15, 0.2) is 0 Å². The smallest absolute Gasteiger partial charge is 0.243 e. The maximum Gasteiger partial charge on any atom is 0.243 e. The number of nitrogens with one attached hydrogen (secondary N) is 2. The third-order valence-corrected chi connectivity index (χ3v) is 3.14. The molecular weight excluding hydrogens is 180 g/mol. The normalized spacial score (nSPS) is 29.6. The molecular formula is C10H16N2O2. The van der Waals surface area contributed by atoms with Crippen molar-refractivity contribution < 1.29 is 9.59 Å². The van der Waals surface area contributed by atoms with E-state index in [0.29, 0.717) is 5.92 Å². The molecule has 2 fully saturated rings. The number of amides is 2. The van der Waals surface area contributed by atoms with Crippen LogP contribution in [0.5, 0.6) is 0 Å². The minimum atomic E-state index is -0.267. The summed E-state index contributed by atoms with van der Waals surface area (Å²) in [6.45, 7) is 0.141. The maximum atomic E-state index is 11.5. The van der Waals surface area contributed by atoms with Gasteiger partial charge in [0.25, 0.3) is 0 Å². The highest BCUT2D eigenvalue weighted by molar-refractivity contribution is 5.94. The fourth-order valence-electron chi connectivity index (χ4n) is 2.37. The molecule has 2 N–H and O–H groups in total. The highest BCUT2D eigenvalue weighted by atomic mass is 16.2. The standard InChI is InChI=1S/C10H16N2O2/c13-8-6-11-10(14)9(12-8)7-4-2-1-3-5-7/h7,9H,1-6H2,(H,11,14)(H,12,13)/t9-/m1/s1. The van der Waals surface area contributed by atoms with E-state index in [9.17, 15) is 9.59 Å². The van der Waals surface area contributed by atoms with E-state index in [-0.39, 0.29) is 24.4 Å². The Kier molecular flexibility index (Phi) is 2.70. The van der Waals surface area contributed by atoms with E-state index in [1.807, 2.05) is 0 Å². The van der Waals surface area contributed by atoms with Gasteiger partial charge in [-0.3, -0.25) is 9.59 Å². The molecule has 1 saturated heterocycles. The minimum Gasteiger partial charge on any atom is -0.345 e. The van der Waals surface area contributed by atoms with Gasteiger partial charge in [-0.25, -0.2) is 0 Å². The Morgan fingerprint density at radius 2 is 1.79 bits per heavy atom. The number of rotatable bonds is 1. The van der Waals surface area contributed by atoms with Gasteiger partial charge in [-0.05, 0) is 18.8 Å². The lowest BCUT2D eigenvalue weighted by atomic mass is 9.83. The molecule has 4 nitrogen and oxygen atoms in total. The van der Waals surface area contributed by atoms with Crippen LogP contribution in [0.1, 0.15) is 32.1 Å². The van der Waals surface area contributed by atoms with Gasteiger partial charge in [-0.2, -0.15) is 0 Å². The number of hydrogen-bond acceptors (Lipinski definition) is 2. The monoisotopic (exact) mass is 196 g/mol. The molecule has 1 aliphatic carbocycles. The molecule has 2 amide bonds. The van der Waals surface area contributed by atoms with Gasteiger partial charge in [-0.15, -0.1) is 0 Å². The van der Waals surface area contributed by atoms with E-state index in [1.54, 1.807) is 0 Å². The molecule has 0 radical (unpaired) electrons. The van der Waals surface area contributed by atoms with Gasteiger partial charge < -0.3 is 10.6 Å². The lowest BCUT2D eigenvalue weighted by Gasteiger charge is -2.32. The molecule has 2 rings (SSSR count). The van der Waals surface area contributed by atoms with Crippen molar-refractivity contribution in [2.24, 2.45) is 5.92 Å². The molecule has 1 saturated carbocycles. The van der Waals surface area contributed by atoms with E-state index in [2.05, 4.69) is 10.6 Å². The summed E-state index contributed by atoms with van der Waals surface area (Å²) >= 11 is 0. The maximum absolute atomic E-state index is 11.5. The van der Waals surface area contributed by atoms with Gasteiger partial charge in [-0.1, -0.05) is 19.3 Å². The lowest BCUT2D eigenvalue weighted by molar-refractivity contribution is -0.135. The van der Waals surface area contributed by atoms with E-state index < -0.39 is 0 Å². The molecule has 2 aliphatic rings. The van der Waals surface area contributed by atoms with Crippen molar-refractivity contribution >= 4 is 11.8 Å². The zero-order valence-electron chi connectivity index (χ0n) is 8.21. The van der Waals surface area contributed by atoms with Crippen LogP contribution in [0.2, 0.25) is 0 Å². The predicted molar refractivity (Wildman–Crippen MR) is 51.5 cm³/mol. The summed E-state index contributed by atoms with van der Waals surface area (Å²) in [5.41, 5.74) is 0. The van der Waals surface area contributed by atoms with Crippen LogP contribution in [0, 0.1) is 5.92 Å². The third kappa shape index (κ3) is 1.89. The zero-order chi connectivity index (χ0) is 9.97. The van der Waals surface area contributed by atoms with Crippen molar-refractivity contribution in [3.8, 4) is 0 Å². The topological polar surface area (TPSA) is 58.2 Å². The summed E-state index contributed by atoms with van der Waals surface area (Å²) in [4.78, 5) is 22.6. The Bertz CT molecular complexity index is 247. The quantitative estimate of drug-likeness (QED) is 0.628. The first kappa shape index (κ1) is 9.49. The summed E-state index contributed by atoms with van der Waals surface area (Å²) in [6.07, 6.45) is 5.77. The van der Waals surface area contributed by atoms with Crippen molar-refractivity contribution in [1.82, 2.24) is 10.6 Å². The Labute approximate surface area is 83.4 Å². The number of piperazine rings is 1. The van der Waals surface area contributed by atoms with Crippen molar-refractivity contribution in [3.63, 3.8) is 0 Å². The molecule has 78 valence electrons. The second-order valence-corrected chi connectivity index (χ2v) is 4.16. The van der Waals surface area contributed by atoms with E-state index in [0.717, 1.165) is 12.8 Å². The Morgan fingerprint density at radius 3 is 2.50 bits per heavy atom. The molecule has 0 bridgehead atoms. The Hall–Kier alpha value is -1.06. The second kappa shape index (κ2) is 3.98. The summed E-state index contributed by atoms with van der Waals surface area (Å²) in [5.74, 6) is 0.296. The molecule has 1 atom stereocenters. The zero-order valence-corrected chi connectivity index (χ0v) is 8.21. The van der Waals surface area contributed by atoms with Crippen molar-refractivity contribution in [2.75, 3.05) is 6.54 Å². The second-order valence-electron chi connectivity index (χ2n) is 4.16. The number of hydrogen-bond donors (Lipinski definition) is 2. The van der Waals surface area contributed by atoms with Crippen LogP contribution in [-0.2, 0) is 9.59 Å². The van der Waals surface area contributed by atoms with Gasteiger partial charge >= 0.3 is 0 Å². The third-order valence-electron chi connectivity index (χ3n) is 3.14. The van der Waals surface area contributed by atoms with Gasteiger partial charge in [0.05, 0.1) is 6.54 Å². The van der Waals surface area contributed by atoms with Crippen LogP contribution in [0.4, 0.5) is 0 Å². The van der Waals surface area contributed by atoms with Gasteiger partial charge in [0.2, 0.25) is 11.8 Å². The lowest BCUT2D eigenvalue weighted by Crippen LogP contribution is -2.59. The van der Waals surface area contributed by atoms with Crippen molar-refractivity contribution in [3.05, 3.63) is 0 Å². The molecule has 0 aromatic rings. The fourth-order valence-corrected chi connectivity index (χ4v) is 2.37. The molecule has 1 heterocycles. The predicted octanol–water partition coefficient (Wildman–Crippen LogP) is 0.181. The number of carbonyl (C=O) groups excluding carboxylic acids is 2. The fraction of sp³-hybridized carbons (Fsp3) is 0.800. The van der Waals surface area contributed by atoms with Crippen molar-refractivity contribution in [2.45, 2.75) is 38.1 Å². The first-order valence-corrected chi connectivity index (χ1v) is 5.34. The van der Waals surface area contributed by atoms with Crippen LogP contribution >= 0.6 is 0 Å². The average Bonchev–Trinajstić information content (AvgIpc) is 2.23. The van der Waals surface area contributed by atoms with Crippen LogP contribution < -0.4 is 10.6 Å². The van der Waals surface area contributed by atoms with Crippen LogP contribution in [0.15, 0.2) is 0 Å². The highest BCUT2D eigenvalue weighted by Crippen LogP contribution is 2.27. The minimum absolute atomic E-state index is 0.00324. The highest BCUT2D eigenvalue weighted by Gasteiger charge is 2.33. The summed E-state index contributed by atoms with van der Waals surface area (Å²) < 4.78 is 0. The van der Waals surface area contributed by atoms with E-state index >= 15 is 0 Å². The largest absolute Gasteiger partial charge is 0.345 e. The van der Waals surface area contributed by atoms with Crippen molar-refractivity contribution in [1.29, 1.82) is 0 Å². The van der Waals surface area contributed by atoms with Gasteiger partial charge in [0.1, 0.15) is 6.04 Å². The first-order valence-electron chi connectivity index (χ1n) is 5.34. The molecule has 1 aliphatic heterocycles. The molecule has 14 heavy (non-hydrogen) atoms. The molecule has 0 unspecified atom stereocenters. The first-order chi connectivity index (χ1) is 6.77.